The molecule has 10 nitrogen and oxygen atoms in total. The van der Waals surface area contributed by atoms with Gasteiger partial charge in [0.15, 0.2) is 0 Å². The molecule has 1 aliphatic heterocycles. The molecule has 0 radical (unpaired) electrons. The van der Waals surface area contributed by atoms with Gasteiger partial charge in [-0.25, -0.2) is 22.0 Å². The van der Waals surface area contributed by atoms with Gasteiger partial charge >= 0.3 is 6.03 Å². The third-order valence-corrected chi connectivity index (χ3v) is 8.49. The molecule has 1 fully saturated rings. The molecule has 4 N–H and O–H groups in total. The lowest BCUT2D eigenvalue weighted by molar-refractivity contribution is 0.0996. The van der Waals surface area contributed by atoms with E-state index in [0.29, 0.717) is 29.8 Å². The van der Waals surface area contributed by atoms with Gasteiger partial charge in [0.2, 0.25) is 10.0 Å². The minimum atomic E-state index is -3.38. The summed E-state index contributed by atoms with van der Waals surface area (Å²) in [5.74, 6) is -1.78. The topological polar surface area (TPSA) is 134 Å². The number of likely N-dealkylation sites (tertiary alicyclic amines) is 1. The number of piperidine rings is 1. The highest BCUT2D eigenvalue weighted by molar-refractivity contribution is 7.92. The molecule has 0 aliphatic carbocycles. The van der Waals surface area contributed by atoms with Crippen LogP contribution in [0.1, 0.15) is 59.7 Å². The number of hydrogen-bond donors (Lipinski definition) is 3. The Hall–Kier alpha value is -4.23. The van der Waals surface area contributed by atoms with Gasteiger partial charge in [-0.05, 0) is 80.1 Å². The van der Waals surface area contributed by atoms with Crippen LogP contribution in [0, 0.1) is 25.5 Å². The van der Waals surface area contributed by atoms with Crippen LogP contribution in [0.5, 0.6) is 11.5 Å². The van der Waals surface area contributed by atoms with E-state index in [1.165, 1.54) is 0 Å². The molecule has 1 heterocycles. The number of hydrogen-bond acceptors (Lipinski definition) is 6. The number of carbonyl (C=O) groups is 2. The fourth-order valence-corrected chi connectivity index (χ4v) is 6.16. The molecule has 0 spiro atoms. The summed E-state index contributed by atoms with van der Waals surface area (Å²) in [4.78, 5) is 28.8. The number of urea groups is 1. The molecule has 1 saturated heterocycles. The van der Waals surface area contributed by atoms with E-state index in [0.717, 1.165) is 74.3 Å². The Bertz CT molecular complexity index is 1650. The lowest BCUT2D eigenvalue weighted by Gasteiger charge is -2.38. The van der Waals surface area contributed by atoms with Gasteiger partial charge in [0.25, 0.3) is 5.91 Å². The first kappa shape index (κ1) is 34.6. The standard InChI is InChI=1S/C33H41F2N5O5S/c1-5-6-13-40(33(42)37-30-18-27(32(36)41)28(34)19-29(30)35)25-11-14-39(15-12-25)20-23-7-9-26(10-8-23)45-31-21(2)16-24(17-22(31)3)38-46(4,43)44/h7-10,16-19,25,38H,5-6,11-15,20H2,1-4H3,(H2,36,41)(H,37,42). The number of nitrogens with two attached hydrogens (primary N) is 1. The second-order valence-corrected chi connectivity index (χ2v) is 13.5. The summed E-state index contributed by atoms with van der Waals surface area (Å²) in [5.41, 5.74) is 7.60. The third kappa shape index (κ3) is 9.16. The summed E-state index contributed by atoms with van der Waals surface area (Å²) in [6.07, 6.45) is 4.18. The molecular formula is C33H41F2N5O5S. The van der Waals surface area contributed by atoms with E-state index in [1.54, 1.807) is 17.0 Å². The van der Waals surface area contributed by atoms with Crippen molar-refractivity contribution in [3.8, 4) is 11.5 Å². The highest BCUT2D eigenvalue weighted by Gasteiger charge is 2.28. The molecule has 46 heavy (non-hydrogen) atoms. The molecule has 3 aromatic carbocycles. The average Bonchev–Trinajstić information content (AvgIpc) is 2.97. The van der Waals surface area contributed by atoms with Gasteiger partial charge in [0.1, 0.15) is 23.1 Å². The molecule has 0 unspecified atom stereocenters. The first-order chi connectivity index (χ1) is 21.7. The highest BCUT2D eigenvalue weighted by Crippen LogP contribution is 2.32. The minimum absolute atomic E-state index is 0.0665. The zero-order chi connectivity index (χ0) is 33.6. The van der Waals surface area contributed by atoms with Crippen molar-refractivity contribution in [1.82, 2.24) is 9.80 Å². The van der Waals surface area contributed by atoms with Crippen LogP contribution in [0.3, 0.4) is 0 Å². The number of benzene rings is 3. The Labute approximate surface area is 269 Å². The van der Waals surface area contributed by atoms with Crippen molar-refractivity contribution in [2.24, 2.45) is 5.73 Å². The number of nitrogens with one attached hydrogen (secondary N) is 2. The molecule has 1 aliphatic rings. The van der Waals surface area contributed by atoms with E-state index >= 15 is 0 Å². The summed E-state index contributed by atoms with van der Waals surface area (Å²) in [7, 11) is -3.38. The lowest BCUT2D eigenvalue weighted by atomic mass is 10.0. The molecule has 248 valence electrons. The van der Waals surface area contributed by atoms with Crippen LogP contribution in [0.4, 0.5) is 25.0 Å². The number of halogens is 2. The molecule has 0 aromatic heterocycles. The van der Waals surface area contributed by atoms with Gasteiger partial charge in [-0.1, -0.05) is 25.5 Å². The molecule has 3 aromatic rings. The summed E-state index contributed by atoms with van der Waals surface area (Å²) in [5, 5.41) is 2.52. The van der Waals surface area contributed by atoms with Gasteiger partial charge < -0.3 is 20.7 Å². The van der Waals surface area contributed by atoms with Crippen molar-refractivity contribution in [1.29, 1.82) is 0 Å². The van der Waals surface area contributed by atoms with E-state index in [9.17, 15) is 26.8 Å². The van der Waals surface area contributed by atoms with Crippen LogP contribution in [0.2, 0.25) is 0 Å². The molecule has 4 rings (SSSR count). The van der Waals surface area contributed by atoms with Crippen molar-refractivity contribution < 1.29 is 31.5 Å². The molecule has 0 atom stereocenters. The molecule has 0 saturated carbocycles. The summed E-state index contributed by atoms with van der Waals surface area (Å²) in [6, 6.07) is 12.2. The minimum Gasteiger partial charge on any atom is -0.457 e. The van der Waals surface area contributed by atoms with E-state index in [4.69, 9.17) is 10.5 Å². The van der Waals surface area contributed by atoms with Gasteiger partial charge in [-0.3, -0.25) is 14.4 Å². The fourth-order valence-electron chi connectivity index (χ4n) is 5.61. The monoisotopic (exact) mass is 657 g/mol. The molecule has 0 bridgehead atoms. The second kappa shape index (κ2) is 14.9. The van der Waals surface area contributed by atoms with Crippen molar-refractivity contribution in [2.75, 3.05) is 35.9 Å². The first-order valence-electron chi connectivity index (χ1n) is 15.2. The number of amides is 3. The predicted molar refractivity (Wildman–Crippen MR) is 175 cm³/mol. The summed E-state index contributed by atoms with van der Waals surface area (Å²) >= 11 is 0. The Morgan fingerprint density at radius 2 is 1.65 bits per heavy atom. The number of sulfonamides is 1. The van der Waals surface area contributed by atoms with Crippen LogP contribution < -0.4 is 20.5 Å². The van der Waals surface area contributed by atoms with Crippen molar-refractivity contribution in [2.45, 2.75) is 59.0 Å². The number of unbranched alkanes of at least 4 members (excludes halogenated alkanes) is 1. The zero-order valence-electron chi connectivity index (χ0n) is 26.5. The largest absolute Gasteiger partial charge is 0.457 e. The highest BCUT2D eigenvalue weighted by atomic mass is 32.2. The van der Waals surface area contributed by atoms with E-state index in [-0.39, 0.29) is 11.7 Å². The smallest absolute Gasteiger partial charge is 0.322 e. The van der Waals surface area contributed by atoms with Gasteiger partial charge in [0, 0.05) is 44.0 Å². The predicted octanol–water partition coefficient (Wildman–Crippen LogP) is 6.14. The molecule has 3 amide bonds. The van der Waals surface area contributed by atoms with Crippen LogP contribution in [0.25, 0.3) is 0 Å². The molecular weight excluding hydrogens is 616 g/mol. The number of primary amides is 1. The number of anilines is 2. The number of nitrogens with zero attached hydrogens (tertiary/aromatic N) is 2. The third-order valence-electron chi connectivity index (χ3n) is 7.89. The Morgan fingerprint density at radius 3 is 2.22 bits per heavy atom. The van der Waals surface area contributed by atoms with E-state index in [2.05, 4.69) is 14.9 Å². The Morgan fingerprint density at radius 1 is 1.02 bits per heavy atom. The lowest BCUT2D eigenvalue weighted by Crippen LogP contribution is -2.49. The van der Waals surface area contributed by atoms with Crippen molar-refractivity contribution in [3.63, 3.8) is 0 Å². The number of rotatable bonds is 12. The Kier molecular flexibility index (Phi) is 11.2. The maximum absolute atomic E-state index is 14.4. The SMILES string of the molecule is CCCCN(C(=O)Nc1cc(C(N)=O)c(F)cc1F)C1CCN(Cc2ccc(Oc3c(C)cc(NS(C)(=O)=O)cc3C)cc2)CC1. The molecule has 13 heteroatoms. The summed E-state index contributed by atoms with van der Waals surface area (Å²) in [6.45, 7) is 8.45. The van der Waals surface area contributed by atoms with Crippen LogP contribution in [-0.4, -0.2) is 62.1 Å². The Balaban J connectivity index is 1.35. The number of ether oxygens (including phenoxy) is 1. The van der Waals surface area contributed by atoms with Crippen LogP contribution in [-0.2, 0) is 16.6 Å². The van der Waals surface area contributed by atoms with Crippen LogP contribution in [0.15, 0.2) is 48.5 Å². The van der Waals surface area contributed by atoms with Crippen LogP contribution >= 0.6 is 0 Å². The van der Waals surface area contributed by atoms with Gasteiger partial charge in [-0.2, -0.15) is 0 Å². The summed E-state index contributed by atoms with van der Waals surface area (Å²) < 4.78 is 60.2. The maximum Gasteiger partial charge on any atom is 0.322 e. The van der Waals surface area contributed by atoms with Crippen molar-refractivity contribution in [3.05, 3.63) is 82.4 Å². The van der Waals surface area contributed by atoms with Gasteiger partial charge in [0.05, 0.1) is 17.5 Å². The van der Waals surface area contributed by atoms with E-state index < -0.39 is 39.2 Å². The first-order valence-corrected chi connectivity index (χ1v) is 17.1. The maximum atomic E-state index is 14.4. The normalized spacial score (nSPS) is 14.1. The van der Waals surface area contributed by atoms with E-state index in [1.807, 2.05) is 45.0 Å². The quantitative estimate of drug-likeness (QED) is 0.214. The second-order valence-electron chi connectivity index (χ2n) is 11.7. The van der Waals surface area contributed by atoms with Gasteiger partial charge in [-0.15, -0.1) is 0 Å². The number of carbonyl (C=O) groups excluding carboxylic acids is 2. The van der Waals surface area contributed by atoms with Crippen molar-refractivity contribution >= 4 is 33.3 Å². The fraction of sp³-hybridized carbons (Fsp3) is 0.394. The zero-order valence-corrected chi connectivity index (χ0v) is 27.3. The number of aryl methyl sites for hydroxylation is 2. The average molecular weight is 658 g/mol.